The van der Waals surface area contributed by atoms with E-state index in [0.717, 1.165) is 10.9 Å². The number of aromatic amines is 1. The number of amides is 1. The molecule has 2 aromatic rings. The number of nitrogens with zero attached hydrogens (tertiary/aromatic N) is 2. The van der Waals surface area contributed by atoms with E-state index in [2.05, 4.69) is 20.3 Å². The summed E-state index contributed by atoms with van der Waals surface area (Å²) in [5.41, 5.74) is 1.50. The second-order valence-corrected chi connectivity index (χ2v) is 4.26. The number of likely N-dealkylation sites (N-methyl/N-ethyl adjacent to an activating group) is 1. The highest BCUT2D eigenvalue weighted by Crippen LogP contribution is 2.26. The van der Waals surface area contributed by atoms with Gasteiger partial charge in [-0.2, -0.15) is 0 Å². The summed E-state index contributed by atoms with van der Waals surface area (Å²) in [6.07, 6.45) is 6.39. The standard InChI is InChI=1S/C13H16N4O2/c1-8(2)19-13-11-9(4-5-10(18)14-3)6-15-12(11)16-7-17-13/h4-8H,1-3H3,(H,14,18)(H,15,16,17)/b5-4+. The predicted molar refractivity (Wildman–Crippen MR) is 72.8 cm³/mol. The lowest BCUT2D eigenvalue weighted by molar-refractivity contribution is -0.115. The van der Waals surface area contributed by atoms with E-state index in [1.807, 2.05) is 13.8 Å². The summed E-state index contributed by atoms with van der Waals surface area (Å²) in [6, 6.07) is 0. The van der Waals surface area contributed by atoms with Gasteiger partial charge in [0.25, 0.3) is 0 Å². The molecule has 6 nitrogen and oxygen atoms in total. The number of fused-ring (bicyclic) bond motifs is 1. The normalized spacial score (nSPS) is 11.4. The topological polar surface area (TPSA) is 79.9 Å². The number of ether oxygens (including phenoxy) is 1. The Morgan fingerprint density at radius 3 is 2.95 bits per heavy atom. The van der Waals surface area contributed by atoms with Gasteiger partial charge in [0.05, 0.1) is 11.5 Å². The molecule has 0 unspecified atom stereocenters. The molecule has 1 amide bonds. The predicted octanol–water partition coefficient (Wildman–Crippen LogP) is 1.50. The highest BCUT2D eigenvalue weighted by Gasteiger charge is 2.11. The molecule has 2 N–H and O–H groups in total. The van der Waals surface area contributed by atoms with E-state index >= 15 is 0 Å². The number of hydrogen-bond acceptors (Lipinski definition) is 4. The van der Waals surface area contributed by atoms with Crippen molar-refractivity contribution >= 4 is 23.0 Å². The zero-order valence-corrected chi connectivity index (χ0v) is 11.1. The quantitative estimate of drug-likeness (QED) is 0.816. The minimum Gasteiger partial charge on any atom is -0.474 e. The van der Waals surface area contributed by atoms with Gasteiger partial charge in [-0.1, -0.05) is 0 Å². The summed E-state index contributed by atoms with van der Waals surface area (Å²) in [5.74, 6) is 0.343. The zero-order chi connectivity index (χ0) is 13.8. The summed E-state index contributed by atoms with van der Waals surface area (Å²) in [6.45, 7) is 3.86. The van der Waals surface area contributed by atoms with E-state index in [1.54, 1.807) is 19.3 Å². The Morgan fingerprint density at radius 2 is 2.26 bits per heavy atom. The first-order chi connectivity index (χ1) is 9.11. The Labute approximate surface area is 110 Å². The summed E-state index contributed by atoms with van der Waals surface area (Å²) in [7, 11) is 1.58. The van der Waals surface area contributed by atoms with Crippen LogP contribution in [0, 0.1) is 0 Å². The largest absolute Gasteiger partial charge is 0.474 e. The minimum absolute atomic E-state index is 0.0174. The molecule has 2 aromatic heterocycles. The van der Waals surface area contributed by atoms with Gasteiger partial charge in [0.2, 0.25) is 11.8 Å². The van der Waals surface area contributed by atoms with Gasteiger partial charge < -0.3 is 15.0 Å². The van der Waals surface area contributed by atoms with Gasteiger partial charge in [-0.3, -0.25) is 4.79 Å². The third-order valence-electron chi connectivity index (χ3n) is 2.47. The van der Waals surface area contributed by atoms with E-state index in [4.69, 9.17) is 4.74 Å². The molecule has 0 radical (unpaired) electrons. The number of carbonyl (C=O) groups excluding carboxylic acids is 1. The average Bonchev–Trinajstić information content (AvgIpc) is 2.79. The zero-order valence-electron chi connectivity index (χ0n) is 11.1. The van der Waals surface area contributed by atoms with Crippen LogP contribution in [-0.2, 0) is 4.79 Å². The maximum Gasteiger partial charge on any atom is 0.243 e. The Bertz CT molecular complexity index is 616. The average molecular weight is 260 g/mol. The Balaban J connectivity index is 2.44. The third-order valence-corrected chi connectivity index (χ3v) is 2.47. The maximum absolute atomic E-state index is 11.2. The molecule has 0 bridgehead atoms. The minimum atomic E-state index is -0.169. The number of nitrogens with one attached hydrogen (secondary N) is 2. The van der Waals surface area contributed by atoms with E-state index in [1.165, 1.54) is 12.4 Å². The van der Waals surface area contributed by atoms with E-state index in [9.17, 15) is 4.79 Å². The first kappa shape index (κ1) is 13.1. The second-order valence-electron chi connectivity index (χ2n) is 4.26. The molecule has 0 aliphatic carbocycles. The fourth-order valence-electron chi connectivity index (χ4n) is 1.65. The maximum atomic E-state index is 11.2. The number of aromatic nitrogens is 3. The van der Waals surface area contributed by atoms with Crippen molar-refractivity contribution in [2.75, 3.05) is 7.05 Å². The molecular formula is C13H16N4O2. The fourth-order valence-corrected chi connectivity index (χ4v) is 1.65. The Hall–Kier alpha value is -2.37. The molecule has 0 aliphatic rings. The van der Waals surface area contributed by atoms with Gasteiger partial charge in [0.15, 0.2) is 0 Å². The van der Waals surface area contributed by atoms with Gasteiger partial charge in [-0.25, -0.2) is 9.97 Å². The number of carbonyl (C=O) groups is 1. The van der Waals surface area contributed by atoms with Crippen LogP contribution in [0.1, 0.15) is 19.4 Å². The lowest BCUT2D eigenvalue weighted by Gasteiger charge is -2.09. The molecule has 2 heterocycles. The number of rotatable bonds is 4. The van der Waals surface area contributed by atoms with Gasteiger partial charge in [0.1, 0.15) is 12.0 Å². The Kier molecular flexibility index (Phi) is 3.79. The summed E-state index contributed by atoms with van der Waals surface area (Å²) < 4.78 is 5.65. The number of H-pyrrole nitrogens is 1. The molecule has 0 aliphatic heterocycles. The van der Waals surface area contributed by atoms with Crippen molar-refractivity contribution in [3.63, 3.8) is 0 Å². The lowest BCUT2D eigenvalue weighted by Crippen LogP contribution is -2.13. The van der Waals surface area contributed by atoms with Gasteiger partial charge in [-0.05, 0) is 19.9 Å². The van der Waals surface area contributed by atoms with Crippen molar-refractivity contribution < 1.29 is 9.53 Å². The van der Waals surface area contributed by atoms with Crippen LogP contribution in [0.2, 0.25) is 0 Å². The first-order valence-electron chi connectivity index (χ1n) is 6.00. The van der Waals surface area contributed by atoms with Crippen molar-refractivity contribution in [2.45, 2.75) is 20.0 Å². The Morgan fingerprint density at radius 1 is 1.47 bits per heavy atom. The van der Waals surface area contributed by atoms with E-state index < -0.39 is 0 Å². The van der Waals surface area contributed by atoms with Crippen LogP contribution in [0.25, 0.3) is 17.1 Å². The fraction of sp³-hybridized carbons (Fsp3) is 0.308. The van der Waals surface area contributed by atoms with Crippen LogP contribution in [0.3, 0.4) is 0 Å². The summed E-state index contributed by atoms with van der Waals surface area (Å²) in [4.78, 5) is 22.5. The highest BCUT2D eigenvalue weighted by molar-refractivity contribution is 5.96. The molecule has 0 fully saturated rings. The molecule has 19 heavy (non-hydrogen) atoms. The molecule has 0 spiro atoms. The summed E-state index contributed by atoms with van der Waals surface area (Å²) in [5, 5.41) is 3.30. The van der Waals surface area contributed by atoms with Crippen LogP contribution in [0.4, 0.5) is 0 Å². The van der Waals surface area contributed by atoms with Crippen molar-refractivity contribution in [1.29, 1.82) is 0 Å². The van der Waals surface area contributed by atoms with E-state index in [0.29, 0.717) is 11.5 Å². The van der Waals surface area contributed by atoms with Crippen LogP contribution < -0.4 is 10.1 Å². The molecule has 100 valence electrons. The first-order valence-corrected chi connectivity index (χ1v) is 6.00. The van der Waals surface area contributed by atoms with Crippen LogP contribution >= 0.6 is 0 Å². The summed E-state index contributed by atoms with van der Waals surface area (Å²) >= 11 is 0. The van der Waals surface area contributed by atoms with Gasteiger partial charge >= 0.3 is 0 Å². The van der Waals surface area contributed by atoms with Crippen molar-refractivity contribution in [3.8, 4) is 5.88 Å². The number of hydrogen-bond donors (Lipinski definition) is 2. The lowest BCUT2D eigenvalue weighted by atomic mass is 10.2. The smallest absolute Gasteiger partial charge is 0.243 e. The molecule has 0 atom stereocenters. The monoisotopic (exact) mass is 260 g/mol. The molecule has 0 saturated carbocycles. The van der Waals surface area contributed by atoms with Crippen molar-refractivity contribution in [3.05, 3.63) is 24.2 Å². The van der Waals surface area contributed by atoms with Gasteiger partial charge in [0, 0.05) is 24.9 Å². The third kappa shape index (κ3) is 2.90. The molecule has 2 rings (SSSR count). The SMILES string of the molecule is CNC(=O)/C=C/c1c[nH]c2ncnc(OC(C)C)c12. The molecular weight excluding hydrogens is 244 g/mol. The van der Waals surface area contributed by atoms with E-state index in [-0.39, 0.29) is 12.0 Å². The molecule has 6 heteroatoms. The van der Waals surface area contributed by atoms with Crippen LogP contribution in [-0.4, -0.2) is 34.0 Å². The van der Waals surface area contributed by atoms with Gasteiger partial charge in [-0.15, -0.1) is 0 Å². The molecule has 0 aromatic carbocycles. The van der Waals surface area contributed by atoms with Crippen LogP contribution in [0.15, 0.2) is 18.6 Å². The van der Waals surface area contributed by atoms with Crippen molar-refractivity contribution in [2.24, 2.45) is 0 Å². The second kappa shape index (κ2) is 5.51. The van der Waals surface area contributed by atoms with Crippen LogP contribution in [0.5, 0.6) is 5.88 Å². The van der Waals surface area contributed by atoms with Crippen molar-refractivity contribution in [1.82, 2.24) is 20.3 Å². The highest BCUT2D eigenvalue weighted by atomic mass is 16.5. The molecule has 0 saturated heterocycles.